The zero-order valence-corrected chi connectivity index (χ0v) is 12.8. The Hall–Kier alpha value is -2.04. The van der Waals surface area contributed by atoms with E-state index in [1.807, 2.05) is 24.0 Å². The molecule has 0 bridgehead atoms. The summed E-state index contributed by atoms with van der Waals surface area (Å²) >= 11 is 0. The van der Waals surface area contributed by atoms with Crippen molar-refractivity contribution in [3.8, 4) is 0 Å². The van der Waals surface area contributed by atoms with E-state index in [1.54, 1.807) is 0 Å². The molecule has 1 atom stereocenters. The molecular weight excluding hydrogens is 264 g/mol. The lowest BCUT2D eigenvalue weighted by Crippen LogP contribution is -2.40. The number of hydrogen-bond acceptors (Lipinski definition) is 2. The van der Waals surface area contributed by atoms with E-state index in [4.69, 9.17) is 5.73 Å². The van der Waals surface area contributed by atoms with Crippen LogP contribution in [0.5, 0.6) is 0 Å². The van der Waals surface area contributed by atoms with Crippen LogP contribution in [0.15, 0.2) is 29.3 Å². The lowest BCUT2D eigenvalue weighted by atomic mass is 10.00. The van der Waals surface area contributed by atoms with Crippen LogP contribution in [0.1, 0.15) is 31.4 Å². The highest BCUT2D eigenvalue weighted by atomic mass is 16.2. The highest BCUT2D eigenvalue weighted by Crippen LogP contribution is 2.18. The number of carbonyl (C=O) groups excluding carboxylic acids is 1. The van der Waals surface area contributed by atoms with Crippen molar-refractivity contribution >= 4 is 11.9 Å². The van der Waals surface area contributed by atoms with Crippen LogP contribution < -0.4 is 11.1 Å². The summed E-state index contributed by atoms with van der Waals surface area (Å²) in [4.78, 5) is 18.2. The monoisotopic (exact) mass is 288 g/mol. The predicted octanol–water partition coefficient (Wildman–Crippen LogP) is 1.27. The molecule has 0 spiro atoms. The highest BCUT2D eigenvalue weighted by molar-refractivity contribution is 5.84. The minimum atomic E-state index is 0.0263. The van der Waals surface area contributed by atoms with Crippen molar-refractivity contribution in [2.24, 2.45) is 10.7 Å². The molecule has 0 aromatic heterocycles. The van der Waals surface area contributed by atoms with Gasteiger partial charge < -0.3 is 16.0 Å². The summed E-state index contributed by atoms with van der Waals surface area (Å²) in [5.41, 5.74) is 8.34. The Labute approximate surface area is 126 Å². The van der Waals surface area contributed by atoms with Crippen LogP contribution >= 0.6 is 0 Å². The standard InChI is InChI=1S/C16H24N4O/c1-3-12(2)19-16(17)18-10-15(21)20-9-8-13-6-4-5-7-14(13)11-20/h4-7,12H,3,8-11H2,1-2H3,(H3,17,18,19). The lowest BCUT2D eigenvalue weighted by Gasteiger charge is -2.28. The summed E-state index contributed by atoms with van der Waals surface area (Å²) in [6.45, 7) is 5.64. The molecule has 21 heavy (non-hydrogen) atoms. The minimum Gasteiger partial charge on any atom is -0.370 e. The number of aliphatic imine (C=N–C) groups is 1. The van der Waals surface area contributed by atoms with Gasteiger partial charge in [-0.15, -0.1) is 0 Å². The number of nitrogens with one attached hydrogen (secondary N) is 1. The quantitative estimate of drug-likeness (QED) is 0.647. The molecule has 2 rings (SSSR count). The topological polar surface area (TPSA) is 70.7 Å². The lowest BCUT2D eigenvalue weighted by molar-refractivity contribution is -0.130. The molecule has 0 radical (unpaired) electrons. The predicted molar refractivity (Wildman–Crippen MR) is 84.9 cm³/mol. The number of nitrogens with two attached hydrogens (primary N) is 1. The molecule has 1 heterocycles. The number of guanidine groups is 1. The molecule has 1 aliphatic heterocycles. The van der Waals surface area contributed by atoms with Crippen LogP contribution in [-0.4, -0.2) is 35.9 Å². The van der Waals surface area contributed by atoms with Crippen molar-refractivity contribution in [3.63, 3.8) is 0 Å². The van der Waals surface area contributed by atoms with Crippen LogP contribution in [0, 0.1) is 0 Å². The van der Waals surface area contributed by atoms with Crippen molar-refractivity contribution in [1.82, 2.24) is 10.2 Å². The van der Waals surface area contributed by atoms with E-state index in [9.17, 15) is 4.79 Å². The van der Waals surface area contributed by atoms with E-state index in [0.717, 1.165) is 19.4 Å². The van der Waals surface area contributed by atoms with E-state index in [0.29, 0.717) is 12.5 Å². The SMILES string of the molecule is CCC(C)NC(N)=NCC(=O)N1CCc2ccccc2C1. The molecule has 1 unspecified atom stereocenters. The fourth-order valence-corrected chi connectivity index (χ4v) is 2.36. The van der Waals surface area contributed by atoms with Crippen LogP contribution in [0.4, 0.5) is 0 Å². The second-order valence-corrected chi connectivity index (χ2v) is 5.49. The second-order valence-electron chi connectivity index (χ2n) is 5.49. The van der Waals surface area contributed by atoms with Gasteiger partial charge in [-0.3, -0.25) is 4.79 Å². The van der Waals surface area contributed by atoms with Crippen LogP contribution in [0.25, 0.3) is 0 Å². The van der Waals surface area contributed by atoms with Gasteiger partial charge in [-0.1, -0.05) is 31.2 Å². The first-order valence-electron chi connectivity index (χ1n) is 7.51. The molecular formula is C16H24N4O. The van der Waals surface area contributed by atoms with E-state index in [1.165, 1.54) is 11.1 Å². The number of hydrogen-bond donors (Lipinski definition) is 2. The average molecular weight is 288 g/mol. The summed E-state index contributed by atoms with van der Waals surface area (Å²) in [7, 11) is 0. The summed E-state index contributed by atoms with van der Waals surface area (Å²) in [6.07, 6.45) is 1.87. The molecule has 0 fully saturated rings. The number of rotatable bonds is 4. The van der Waals surface area contributed by atoms with Crippen molar-refractivity contribution in [2.45, 2.75) is 39.3 Å². The van der Waals surface area contributed by atoms with Crippen molar-refractivity contribution < 1.29 is 4.79 Å². The first-order chi connectivity index (χ1) is 10.1. The van der Waals surface area contributed by atoms with Gasteiger partial charge >= 0.3 is 0 Å². The zero-order chi connectivity index (χ0) is 15.2. The minimum absolute atomic E-state index is 0.0263. The first kappa shape index (κ1) is 15.4. The third-order valence-electron chi connectivity index (χ3n) is 3.87. The molecule has 1 aromatic rings. The third-order valence-corrected chi connectivity index (χ3v) is 3.87. The Morgan fingerprint density at radius 3 is 2.86 bits per heavy atom. The Bertz CT molecular complexity index is 527. The smallest absolute Gasteiger partial charge is 0.244 e. The Morgan fingerprint density at radius 2 is 2.14 bits per heavy atom. The van der Waals surface area contributed by atoms with E-state index in [-0.39, 0.29) is 18.5 Å². The molecule has 0 saturated carbocycles. The molecule has 5 heteroatoms. The Kier molecular flexibility index (Phi) is 5.20. The number of fused-ring (bicyclic) bond motifs is 1. The number of amides is 1. The number of nitrogens with zero attached hydrogens (tertiary/aromatic N) is 2. The average Bonchev–Trinajstić information content (AvgIpc) is 2.51. The molecule has 114 valence electrons. The maximum absolute atomic E-state index is 12.2. The van der Waals surface area contributed by atoms with Crippen LogP contribution in [0.3, 0.4) is 0 Å². The van der Waals surface area contributed by atoms with Gasteiger partial charge in [0.1, 0.15) is 6.54 Å². The van der Waals surface area contributed by atoms with Gasteiger partial charge in [0.05, 0.1) is 0 Å². The fourth-order valence-electron chi connectivity index (χ4n) is 2.36. The summed E-state index contributed by atoms with van der Waals surface area (Å²) in [5, 5.41) is 3.06. The molecule has 1 aliphatic rings. The third kappa shape index (κ3) is 4.21. The molecule has 1 aromatic carbocycles. The normalized spacial score (nSPS) is 16.3. The van der Waals surface area contributed by atoms with Crippen molar-refractivity contribution in [1.29, 1.82) is 0 Å². The number of benzene rings is 1. The molecule has 0 saturated heterocycles. The summed E-state index contributed by atoms with van der Waals surface area (Å²) in [5.74, 6) is 0.369. The van der Waals surface area contributed by atoms with E-state index < -0.39 is 0 Å². The molecule has 0 aliphatic carbocycles. The van der Waals surface area contributed by atoms with Gasteiger partial charge in [0.2, 0.25) is 5.91 Å². The van der Waals surface area contributed by atoms with Crippen molar-refractivity contribution in [2.75, 3.05) is 13.1 Å². The summed E-state index contributed by atoms with van der Waals surface area (Å²) in [6, 6.07) is 8.53. The van der Waals surface area contributed by atoms with Gasteiger partial charge in [-0.2, -0.15) is 0 Å². The first-order valence-corrected chi connectivity index (χ1v) is 7.51. The van der Waals surface area contributed by atoms with Gasteiger partial charge in [-0.05, 0) is 30.9 Å². The fraction of sp³-hybridized carbons (Fsp3) is 0.500. The molecule has 5 nitrogen and oxygen atoms in total. The Balaban J connectivity index is 1.89. The highest BCUT2D eigenvalue weighted by Gasteiger charge is 2.19. The maximum Gasteiger partial charge on any atom is 0.244 e. The number of carbonyl (C=O) groups is 1. The van der Waals surface area contributed by atoms with Gasteiger partial charge in [-0.25, -0.2) is 4.99 Å². The largest absolute Gasteiger partial charge is 0.370 e. The van der Waals surface area contributed by atoms with E-state index in [2.05, 4.69) is 29.4 Å². The van der Waals surface area contributed by atoms with Gasteiger partial charge in [0, 0.05) is 19.1 Å². The second kappa shape index (κ2) is 7.11. The van der Waals surface area contributed by atoms with Gasteiger partial charge in [0.25, 0.3) is 0 Å². The van der Waals surface area contributed by atoms with Crippen LogP contribution in [-0.2, 0) is 17.8 Å². The summed E-state index contributed by atoms with van der Waals surface area (Å²) < 4.78 is 0. The molecule has 1 amide bonds. The van der Waals surface area contributed by atoms with E-state index >= 15 is 0 Å². The zero-order valence-electron chi connectivity index (χ0n) is 12.8. The van der Waals surface area contributed by atoms with Crippen LogP contribution in [0.2, 0.25) is 0 Å². The Morgan fingerprint density at radius 1 is 1.43 bits per heavy atom. The van der Waals surface area contributed by atoms with Gasteiger partial charge in [0.15, 0.2) is 5.96 Å². The molecule has 3 N–H and O–H groups in total. The maximum atomic E-state index is 12.2. The van der Waals surface area contributed by atoms with Crippen molar-refractivity contribution in [3.05, 3.63) is 35.4 Å².